The smallest absolute Gasteiger partial charge is 0.327 e. The summed E-state index contributed by atoms with van der Waals surface area (Å²) >= 11 is 0. The lowest BCUT2D eigenvalue weighted by molar-refractivity contribution is 0.0825. The molecule has 2 fully saturated rings. The molecular formula is C11H15N3O2. The van der Waals surface area contributed by atoms with Crippen LogP contribution in [0.15, 0.2) is 18.7 Å². The summed E-state index contributed by atoms with van der Waals surface area (Å²) in [5.41, 5.74) is 0. The molecule has 16 heavy (non-hydrogen) atoms. The monoisotopic (exact) mass is 221 g/mol. The van der Waals surface area contributed by atoms with Gasteiger partial charge in [-0.2, -0.15) is 0 Å². The van der Waals surface area contributed by atoms with Crippen molar-refractivity contribution in [1.29, 1.82) is 0 Å². The van der Waals surface area contributed by atoms with Gasteiger partial charge in [0, 0.05) is 19.0 Å². The molecule has 2 heterocycles. The van der Waals surface area contributed by atoms with Gasteiger partial charge in [-0.3, -0.25) is 4.57 Å². The number of carbonyl (C=O) groups is 1. The third-order valence-electron chi connectivity index (χ3n) is 3.27. The fourth-order valence-electron chi connectivity index (χ4n) is 2.27. The van der Waals surface area contributed by atoms with Gasteiger partial charge in [-0.15, -0.1) is 0 Å². The van der Waals surface area contributed by atoms with Gasteiger partial charge in [-0.05, 0) is 25.2 Å². The molecule has 1 aliphatic heterocycles. The standard InChI is InChI=1S/C11H15N3O2/c15-11(14-5-4-12-7-14)13-9-3-6-16-10(9)8-1-2-8/h4-5,7-10H,1-3,6H2,(H,13,15). The van der Waals surface area contributed by atoms with Gasteiger partial charge in [0.15, 0.2) is 0 Å². The van der Waals surface area contributed by atoms with Crippen LogP contribution >= 0.6 is 0 Å². The summed E-state index contributed by atoms with van der Waals surface area (Å²) in [5, 5.41) is 3.01. The van der Waals surface area contributed by atoms with Crippen LogP contribution < -0.4 is 5.32 Å². The largest absolute Gasteiger partial charge is 0.376 e. The van der Waals surface area contributed by atoms with E-state index in [0.29, 0.717) is 5.92 Å². The summed E-state index contributed by atoms with van der Waals surface area (Å²) < 4.78 is 7.13. The van der Waals surface area contributed by atoms with E-state index in [1.807, 2.05) is 0 Å². The summed E-state index contributed by atoms with van der Waals surface area (Å²) in [6, 6.07) is 0.0565. The highest BCUT2D eigenvalue weighted by atomic mass is 16.5. The van der Waals surface area contributed by atoms with Gasteiger partial charge in [0.1, 0.15) is 6.33 Å². The van der Waals surface area contributed by atoms with Crippen LogP contribution in [0.4, 0.5) is 4.79 Å². The quantitative estimate of drug-likeness (QED) is 0.810. The zero-order valence-electron chi connectivity index (χ0n) is 9.00. The van der Waals surface area contributed by atoms with Crippen LogP contribution in [0.5, 0.6) is 0 Å². The lowest BCUT2D eigenvalue weighted by atomic mass is 10.1. The molecule has 0 aromatic carbocycles. The molecule has 2 atom stereocenters. The van der Waals surface area contributed by atoms with Crippen LogP contribution in [-0.4, -0.2) is 34.3 Å². The molecule has 2 aliphatic rings. The van der Waals surface area contributed by atoms with E-state index in [1.165, 1.54) is 23.7 Å². The van der Waals surface area contributed by atoms with Crippen LogP contribution in [0.25, 0.3) is 0 Å². The molecule has 1 amide bonds. The number of carbonyl (C=O) groups excluding carboxylic acids is 1. The molecule has 1 N–H and O–H groups in total. The van der Waals surface area contributed by atoms with Crippen molar-refractivity contribution in [3.63, 3.8) is 0 Å². The van der Waals surface area contributed by atoms with Crippen molar-refractivity contribution in [2.24, 2.45) is 5.92 Å². The predicted octanol–water partition coefficient (Wildman–Crippen LogP) is 1.01. The normalized spacial score (nSPS) is 29.2. The number of rotatable bonds is 2. The number of imidazole rings is 1. The highest BCUT2D eigenvalue weighted by molar-refractivity contribution is 5.76. The second kappa shape index (κ2) is 3.90. The number of nitrogens with one attached hydrogen (secondary N) is 1. The predicted molar refractivity (Wildman–Crippen MR) is 57.0 cm³/mol. The van der Waals surface area contributed by atoms with Crippen LogP contribution in [0.2, 0.25) is 0 Å². The Morgan fingerprint density at radius 1 is 1.44 bits per heavy atom. The molecule has 86 valence electrons. The van der Waals surface area contributed by atoms with E-state index < -0.39 is 0 Å². The minimum absolute atomic E-state index is 0.112. The number of aromatic nitrogens is 2. The van der Waals surface area contributed by atoms with Gasteiger partial charge >= 0.3 is 6.03 Å². The van der Waals surface area contributed by atoms with Crippen LogP contribution in [0.1, 0.15) is 19.3 Å². The summed E-state index contributed by atoms with van der Waals surface area (Å²) in [5.74, 6) is 0.663. The molecule has 5 nitrogen and oxygen atoms in total. The number of nitrogens with zero attached hydrogens (tertiary/aromatic N) is 2. The molecule has 5 heteroatoms. The SMILES string of the molecule is O=C(NC1CCOC1C1CC1)n1ccnc1. The highest BCUT2D eigenvalue weighted by Crippen LogP contribution is 2.38. The molecule has 1 saturated heterocycles. The topological polar surface area (TPSA) is 56.1 Å². The summed E-state index contributed by atoms with van der Waals surface area (Å²) in [4.78, 5) is 15.7. The second-order valence-corrected chi connectivity index (χ2v) is 4.49. The average molecular weight is 221 g/mol. The Balaban J connectivity index is 1.63. The summed E-state index contributed by atoms with van der Waals surface area (Å²) in [6.45, 7) is 0.760. The highest BCUT2D eigenvalue weighted by Gasteiger charge is 2.41. The second-order valence-electron chi connectivity index (χ2n) is 4.49. The van der Waals surface area contributed by atoms with Crippen LogP contribution in [-0.2, 0) is 4.74 Å². The molecule has 1 aromatic rings. The van der Waals surface area contributed by atoms with Crippen molar-refractivity contribution in [2.45, 2.75) is 31.4 Å². The molecule has 0 bridgehead atoms. The molecule has 1 aliphatic carbocycles. The van der Waals surface area contributed by atoms with E-state index in [9.17, 15) is 4.79 Å². The first-order valence-electron chi connectivity index (χ1n) is 5.75. The first kappa shape index (κ1) is 9.84. The Morgan fingerprint density at radius 2 is 2.31 bits per heavy atom. The zero-order chi connectivity index (χ0) is 11.0. The van der Waals surface area contributed by atoms with Crippen molar-refractivity contribution < 1.29 is 9.53 Å². The molecule has 1 saturated carbocycles. The van der Waals surface area contributed by atoms with Gasteiger partial charge < -0.3 is 10.1 Å². The van der Waals surface area contributed by atoms with E-state index in [-0.39, 0.29) is 18.2 Å². The third-order valence-corrected chi connectivity index (χ3v) is 3.27. The van der Waals surface area contributed by atoms with Crippen molar-refractivity contribution in [3.05, 3.63) is 18.7 Å². The summed E-state index contributed by atoms with van der Waals surface area (Å²) in [7, 11) is 0. The Bertz CT molecular complexity index is 373. The van der Waals surface area contributed by atoms with E-state index >= 15 is 0 Å². The van der Waals surface area contributed by atoms with Gasteiger partial charge in [0.05, 0.1) is 12.1 Å². The van der Waals surface area contributed by atoms with Gasteiger partial charge in [-0.25, -0.2) is 9.78 Å². The summed E-state index contributed by atoms with van der Waals surface area (Å²) in [6.07, 6.45) is 8.39. The zero-order valence-corrected chi connectivity index (χ0v) is 9.00. The Hall–Kier alpha value is -1.36. The number of amides is 1. The lowest BCUT2D eigenvalue weighted by Crippen LogP contribution is -2.43. The van der Waals surface area contributed by atoms with Crippen molar-refractivity contribution in [3.8, 4) is 0 Å². The maximum Gasteiger partial charge on any atom is 0.327 e. The lowest BCUT2D eigenvalue weighted by Gasteiger charge is -2.19. The van der Waals surface area contributed by atoms with Crippen molar-refractivity contribution in [2.75, 3.05) is 6.61 Å². The third kappa shape index (κ3) is 1.82. The number of hydrogen-bond acceptors (Lipinski definition) is 3. The molecule has 2 unspecified atom stereocenters. The fourth-order valence-corrected chi connectivity index (χ4v) is 2.27. The Morgan fingerprint density at radius 3 is 3.00 bits per heavy atom. The van der Waals surface area contributed by atoms with E-state index in [1.54, 1.807) is 12.4 Å². The van der Waals surface area contributed by atoms with E-state index in [2.05, 4.69) is 10.3 Å². The first-order valence-corrected chi connectivity index (χ1v) is 5.75. The molecule has 3 rings (SSSR count). The molecule has 1 aromatic heterocycles. The fraction of sp³-hybridized carbons (Fsp3) is 0.636. The van der Waals surface area contributed by atoms with Crippen molar-refractivity contribution in [1.82, 2.24) is 14.9 Å². The van der Waals surface area contributed by atoms with E-state index in [0.717, 1.165) is 13.0 Å². The van der Waals surface area contributed by atoms with Crippen molar-refractivity contribution >= 4 is 6.03 Å². The number of ether oxygens (including phenoxy) is 1. The van der Waals surface area contributed by atoms with Crippen LogP contribution in [0, 0.1) is 5.92 Å². The Labute approximate surface area is 93.8 Å². The molecular weight excluding hydrogens is 206 g/mol. The average Bonchev–Trinajstić information content (AvgIpc) is 2.83. The maximum absolute atomic E-state index is 11.8. The van der Waals surface area contributed by atoms with Gasteiger partial charge in [-0.1, -0.05) is 0 Å². The number of hydrogen-bond donors (Lipinski definition) is 1. The van der Waals surface area contributed by atoms with Crippen LogP contribution in [0.3, 0.4) is 0 Å². The van der Waals surface area contributed by atoms with Gasteiger partial charge in [0.2, 0.25) is 0 Å². The maximum atomic E-state index is 11.8. The van der Waals surface area contributed by atoms with E-state index in [4.69, 9.17) is 4.74 Å². The first-order chi connectivity index (χ1) is 7.84. The van der Waals surface area contributed by atoms with Gasteiger partial charge in [0.25, 0.3) is 0 Å². The minimum Gasteiger partial charge on any atom is -0.376 e. The molecule has 0 radical (unpaired) electrons. The molecule has 0 spiro atoms. The Kier molecular flexibility index (Phi) is 2.40. The minimum atomic E-state index is -0.112.